The maximum Gasteiger partial charge on any atom is 0.289 e. The van der Waals surface area contributed by atoms with Gasteiger partial charge >= 0.3 is 0 Å². The summed E-state index contributed by atoms with van der Waals surface area (Å²) in [5.41, 5.74) is 0.531. The zero-order valence-electron chi connectivity index (χ0n) is 17.5. The van der Waals surface area contributed by atoms with E-state index in [0.717, 1.165) is 6.42 Å². The molecular weight excluding hydrogens is 382 g/mol. The van der Waals surface area contributed by atoms with E-state index in [1.807, 2.05) is 19.9 Å². The van der Waals surface area contributed by atoms with Crippen LogP contribution in [-0.4, -0.2) is 47.8 Å². The highest BCUT2D eigenvalue weighted by molar-refractivity contribution is 5.97. The molecule has 0 aliphatic carbocycles. The third-order valence-corrected chi connectivity index (χ3v) is 5.68. The minimum atomic E-state index is -0.606. The number of benzene rings is 1. The second kappa shape index (κ2) is 10.1. The molecule has 2 unspecified atom stereocenters. The highest BCUT2D eigenvalue weighted by atomic mass is 16.3. The Balaban J connectivity index is 1.55. The van der Waals surface area contributed by atoms with Gasteiger partial charge in [0.2, 0.25) is 5.91 Å². The zero-order chi connectivity index (χ0) is 21.5. The lowest BCUT2D eigenvalue weighted by Crippen LogP contribution is -2.54. The van der Waals surface area contributed by atoms with E-state index >= 15 is 0 Å². The van der Waals surface area contributed by atoms with E-state index in [1.54, 1.807) is 41.3 Å². The Hall–Kier alpha value is -3.09. The van der Waals surface area contributed by atoms with Gasteiger partial charge in [0, 0.05) is 24.7 Å². The first-order chi connectivity index (χ1) is 14.5. The Morgan fingerprint density at radius 3 is 2.40 bits per heavy atom. The molecule has 1 fully saturated rings. The van der Waals surface area contributed by atoms with Crippen molar-refractivity contribution in [2.45, 2.75) is 45.2 Å². The van der Waals surface area contributed by atoms with E-state index in [0.29, 0.717) is 37.3 Å². The average molecular weight is 412 g/mol. The Labute approximate surface area is 176 Å². The summed E-state index contributed by atoms with van der Waals surface area (Å²) in [4.78, 5) is 39.6. The van der Waals surface area contributed by atoms with Crippen LogP contribution in [0.25, 0.3) is 0 Å². The van der Waals surface area contributed by atoms with E-state index < -0.39 is 6.04 Å². The van der Waals surface area contributed by atoms with Crippen molar-refractivity contribution >= 4 is 17.7 Å². The number of nitrogens with one attached hydrogen (secondary N) is 2. The first-order valence-electron chi connectivity index (χ1n) is 10.5. The van der Waals surface area contributed by atoms with Crippen LogP contribution in [0.3, 0.4) is 0 Å². The number of nitrogens with zero attached hydrogens (tertiary/aromatic N) is 1. The number of likely N-dealkylation sites (tertiary alicyclic amines) is 1. The third kappa shape index (κ3) is 5.28. The summed E-state index contributed by atoms with van der Waals surface area (Å²) in [7, 11) is 0. The van der Waals surface area contributed by atoms with Gasteiger partial charge in [-0.2, -0.15) is 0 Å². The Bertz CT molecular complexity index is 843. The monoisotopic (exact) mass is 411 g/mol. The van der Waals surface area contributed by atoms with Crippen molar-refractivity contribution in [3.05, 3.63) is 60.1 Å². The first kappa shape index (κ1) is 21.6. The van der Waals surface area contributed by atoms with E-state index in [4.69, 9.17) is 4.42 Å². The van der Waals surface area contributed by atoms with E-state index in [-0.39, 0.29) is 29.7 Å². The molecule has 2 heterocycles. The van der Waals surface area contributed by atoms with Gasteiger partial charge in [-0.1, -0.05) is 38.5 Å². The van der Waals surface area contributed by atoms with E-state index in [1.165, 1.54) is 6.26 Å². The van der Waals surface area contributed by atoms with Gasteiger partial charge in [-0.3, -0.25) is 14.4 Å². The van der Waals surface area contributed by atoms with Crippen LogP contribution in [-0.2, 0) is 4.79 Å². The Morgan fingerprint density at radius 2 is 1.80 bits per heavy atom. The predicted molar refractivity (Wildman–Crippen MR) is 113 cm³/mol. The topological polar surface area (TPSA) is 91.7 Å². The molecule has 160 valence electrons. The molecule has 1 saturated heterocycles. The van der Waals surface area contributed by atoms with Crippen molar-refractivity contribution in [1.29, 1.82) is 0 Å². The molecule has 7 nitrogen and oxygen atoms in total. The fourth-order valence-electron chi connectivity index (χ4n) is 3.59. The number of rotatable bonds is 7. The first-order valence-corrected chi connectivity index (χ1v) is 10.5. The molecule has 2 atom stereocenters. The largest absolute Gasteiger partial charge is 0.459 e. The van der Waals surface area contributed by atoms with Crippen LogP contribution in [0.15, 0.2) is 53.1 Å². The number of hydrogen-bond donors (Lipinski definition) is 2. The van der Waals surface area contributed by atoms with Gasteiger partial charge in [-0.05, 0) is 43.0 Å². The van der Waals surface area contributed by atoms with Crippen molar-refractivity contribution in [3.8, 4) is 0 Å². The molecular formula is C23H29N3O4. The molecule has 0 saturated carbocycles. The SMILES string of the molecule is CCC(C)C(NC(=O)c1ccccc1)C(=O)NC1CCN(C(=O)c2ccco2)CC1. The summed E-state index contributed by atoms with van der Waals surface area (Å²) in [6, 6.07) is 11.6. The van der Waals surface area contributed by atoms with Gasteiger partial charge in [0.1, 0.15) is 6.04 Å². The molecule has 7 heteroatoms. The van der Waals surface area contributed by atoms with Crippen molar-refractivity contribution in [3.63, 3.8) is 0 Å². The molecule has 2 aromatic rings. The molecule has 1 aromatic heterocycles. The minimum Gasteiger partial charge on any atom is -0.459 e. The van der Waals surface area contributed by atoms with Crippen LogP contribution >= 0.6 is 0 Å². The van der Waals surface area contributed by atoms with Crippen LogP contribution in [0, 0.1) is 5.92 Å². The van der Waals surface area contributed by atoms with Gasteiger partial charge in [0.25, 0.3) is 11.8 Å². The lowest BCUT2D eigenvalue weighted by Gasteiger charge is -2.33. The summed E-state index contributed by atoms with van der Waals surface area (Å²) in [5, 5.41) is 5.96. The van der Waals surface area contributed by atoms with Gasteiger partial charge in [-0.15, -0.1) is 0 Å². The third-order valence-electron chi connectivity index (χ3n) is 5.68. The summed E-state index contributed by atoms with van der Waals surface area (Å²) in [6.45, 7) is 5.06. The molecule has 30 heavy (non-hydrogen) atoms. The number of amides is 3. The number of furan rings is 1. The van der Waals surface area contributed by atoms with Gasteiger partial charge in [0.15, 0.2) is 5.76 Å². The van der Waals surface area contributed by atoms with Gasteiger partial charge in [-0.25, -0.2) is 0 Å². The summed E-state index contributed by atoms with van der Waals surface area (Å²) in [6.07, 6.45) is 3.58. The second-order valence-corrected chi connectivity index (χ2v) is 7.76. The van der Waals surface area contributed by atoms with Crippen LogP contribution in [0.5, 0.6) is 0 Å². The van der Waals surface area contributed by atoms with Crippen LogP contribution in [0.4, 0.5) is 0 Å². The quantitative estimate of drug-likeness (QED) is 0.733. The molecule has 2 N–H and O–H groups in total. The molecule has 1 aliphatic heterocycles. The standard InChI is InChI=1S/C23H29N3O4/c1-3-16(2)20(25-21(27)17-8-5-4-6-9-17)22(28)24-18-11-13-26(14-12-18)23(29)19-10-7-15-30-19/h4-10,15-16,18,20H,3,11-14H2,1-2H3,(H,24,28)(H,25,27). The van der Waals surface area contributed by atoms with Crippen molar-refractivity contribution in [1.82, 2.24) is 15.5 Å². The molecule has 0 radical (unpaired) electrons. The second-order valence-electron chi connectivity index (χ2n) is 7.76. The van der Waals surface area contributed by atoms with Gasteiger partial charge < -0.3 is 20.0 Å². The molecule has 3 rings (SSSR count). The average Bonchev–Trinajstić information content (AvgIpc) is 3.32. The van der Waals surface area contributed by atoms with E-state index in [2.05, 4.69) is 10.6 Å². The summed E-state index contributed by atoms with van der Waals surface area (Å²) in [5.74, 6) is -0.229. The molecule has 0 bridgehead atoms. The van der Waals surface area contributed by atoms with Crippen molar-refractivity contribution in [2.24, 2.45) is 5.92 Å². The molecule has 1 aromatic carbocycles. The van der Waals surface area contributed by atoms with Crippen molar-refractivity contribution in [2.75, 3.05) is 13.1 Å². The highest BCUT2D eigenvalue weighted by Crippen LogP contribution is 2.16. The number of carbonyl (C=O) groups is 3. The lowest BCUT2D eigenvalue weighted by atomic mass is 9.96. The highest BCUT2D eigenvalue weighted by Gasteiger charge is 2.30. The smallest absolute Gasteiger partial charge is 0.289 e. The predicted octanol–water partition coefficient (Wildman–Crippen LogP) is 2.85. The van der Waals surface area contributed by atoms with Crippen LogP contribution < -0.4 is 10.6 Å². The minimum absolute atomic E-state index is 0.00159. The Morgan fingerprint density at radius 1 is 1.10 bits per heavy atom. The van der Waals surface area contributed by atoms with E-state index in [9.17, 15) is 14.4 Å². The molecule has 1 aliphatic rings. The molecule has 3 amide bonds. The zero-order valence-corrected chi connectivity index (χ0v) is 17.5. The summed E-state index contributed by atoms with van der Waals surface area (Å²) < 4.78 is 5.18. The van der Waals surface area contributed by atoms with Crippen molar-refractivity contribution < 1.29 is 18.8 Å². The fourth-order valence-corrected chi connectivity index (χ4v) is 3.59. The maximum absolute atomic E-state index is 13.0. The van der Waals surface area contributed by atoms with Gasteiger partial charge in [0.05, 0.1) is 6.26 Å². The molecule has 0 spiro atoms. The normalized spacial score (nSPS) is 16.5. The number of hydrogen-bond acceptors (Lipinski definition) is 4. The summed E-state index contributed by atoms with van der Waals surface area (Å²) >= 11 is 0. The van der Waals surface area contributed by atoms with Crippen LogP contribution in [0.1, 0.15) is 54.0 Å². The fraction of sp³-hybridized carbons (Fsp3) is 0.435. The van der Waals surface area contributed by atoms with Crippen LogP contribution in [0.2, 0.25) is 0 Å². The Kier molecular flexibility index (Phi) is 7.27. The maximum atomic E-state index is 13.0. The number of piperidine rings is 1. The number of carbonyl (C=O) groups excluding carboxylic acids is 3. The lowest BCUT2D eigenvalue weighted by molar-refractivity contribution is -0.125.